The van der Waals surface area contributed by atoms with Crippen molar-refractivity contribution in [3.63, 3.8) is 0 Å². The number of thiazole rings is 1. The molecule has 0 bridgehead atoms. The molecular weight excluding hydrogens is 415 g/mol. The number of anilines is 2. The van der Waals surface area contributed by atoms with Crippen LogP contribution in [0.25, 0.3) is 11.3 Å². The molecule has 0 atom stereocenters. The summed E-state index contributed by atoms with van der Waals surface area (Å²) < 4.78 is 38.9. The maximum Gasteiger partial charge on any atom is 0.416 e. The summed E-state index contributed by atoms with van der Waals surface area (Å²) in [5.74, 6) is 0. The average Bonchev–Trinajstić information content (AvgIpc) is 3.18. The first-order valence-corrected chi connectivity index (χ1v) is 9.88. The Labute approximate surface area is 176 Å². The number of alkyl halides is 3. The Kier molecular flexibility index (Phi) is 6.68. The van der Waals surface area contributed by atoms with Crippen LogP contribution in [0.15, 0.2) is 54.2 Å². The van der Waals surface area contributed by atoms with Gasteiger partial charge in [0, 0.05) is 42.1 Å². The Balaban J connectivity index is 1.83. The quantitative estimate of drug-likeness (QED) is 0.603. The molecule has 6 nitrogen and oxygen atoms in total. The summed E-state index contributed by atoms with van der Waals surface area (Å²) in [6.07, 6.45) is -1.16. The molecule has 1 aromatic carbocycles. The van der Waals surface area contributed by atoms with Crippen molar-refractivity contribution in [3.05, 3.63) is 59.7 Å². The SMILES string of the molecule is CN(C)CCN(C(=O)Nc1cccc(C(F)(F)F)c1)c1nc(-c2cccnc2)cs1. The van der Waals surface area contributed by atoms with Gasteiger partial charge in [-0.05, 0) is 44.4 Å². The van der Waals surface area contributed by atoms with Crippen molar-refractivity contribution in [3.8, 4) is 11.3 Å². The fraction of sp³-hybridized carbons (Fsp3) is 0.250. The molecule has 3 rings (SSSR count). The molecule has 0 fully saturated rings. The number of halogens is 3. The Morgan fingerprint density at radius 3 is 2.63 bits per heavy atom. The number of rotatable bonds is 6. The predicted octanol–water partition coefficient (Wildman–Crippen LogP) is 4.82. The molecule has 0 unspecified atom stereocenters. The van der Waals surface area contributed by atoms with E-state index in [1.165, 1.54) is 28.4 Å². The summed E-state index contributed by atoms with van der Waals surface area (Å²) in [6.45, 7) is 0.871. The molecule has 10 heteroatoms. The number of benzene rings is 1. The first-order valence-electron chi connectivity index (χ1n) is 9.00. The lowest BCUT2D eigenvalue weighted by molar-refractivity contribution is -0.137. The van der Waals surface area contributed by atoms with E-state index in [1.54, 1.807) is 18.5 Å². The minimum Gasteiger partial charge on any atom is -0.308 e. The molecule has 0 saturated heterocycles. The molecule has 0 aliphatic carbocycles. The second-order valence-electron chi connectivity index (χ2n) is 6.72. The van der Waals surface area contributed by atoms with E-state index < -0.39 is 17.8 Å². The normalized spacial score (nSPS) is 11.5. The molecule has 2 amide bonds. The number of aromatic nitrogens is 2. The van der Waals surface area contributed by atoms with Gasteiger partial charge in [-0.1, -0.05) is 6.07 Å². The Morgan fingerprint density at radius 1 is 1.17 bits per heavy atom. The number of carbonyl (C=O) groups is 1. The second-order valence-corrected chi connectivity index (χ2v) is 7.56. The van der Waals surface area contributed by atoms with Gasteiger partial charge in [0.2, 0.25) is 0 Å². The van der Waals surface area contributed by atoms with Gasteiger partial charge in [-0.15, -0.1) is 11.3 Å². The lowest BCUT2D eigenvalue weighted by atomic mass is 10.2. The topological polar surface area (TPSA) is 61.4 Å². The highest BCUT2D eigenvalue weighted by Crippen LogP contribution is 2.31. The monoisotopic (exact) mass is 435 g/mol. The fourth-order valence-electron chi connectivity index (χ4n) is 2.58. The van der Waals surface area contributed by atoms with E-state index in [9.17, 15) is 18.0 Å². The molecular formula is C20H20F3N5OS. The van der Waals surface area contributed by atoms with Crippen LogP contribution in [0.5, 0.6) is 0 Å². The van der Waals surface area contributed by atoms with Crippen LogP contribution in [0, 0.1) is 0 Å². The first kappa shape index (κ1) is 21.7. The first-order chi connectivity index (χ1) is 14.2. The van der Waals surface area contributed by atoms with Crippen molar-refractivity contribution in [1.29, 1.82) is 0 Å². The van der Waals surface area contributed by atoms with Crippen molar-refractivity contribution in [2.75, 3.05) is 37.4 Å². The molecule has 0 aliphatic rings. The van der Waals surface area contributed by atoms with Crippen LogP contribution < -0.4 is 10.2 Å². The second kappa shape index (κ2) is 9.23. The van der Waals surface area contributed by atoms with Gasteiger partial charge in [0.25, 0.3) is 0 Å². The van der Waals surface area contributed by atoms with E-state index in [1.807, 2.05) is 30.4 Å². The lowest BCUT2D eigenvalue weighted by Gasteiger charge is -2.22. The van der Waals surface area contributed by atoms with Gasteiger partial charge >= 0.3 is 12.2 Å². The maximum atomic E-state index is 13.0. The van der Waals surface area contributed by atoms with Gasteiger partial charge in [-0.25, -0.2) is 9.78 Å². The standard InChI is InChI=1S/C20H20F3N5OS/c1-27(2)9-10-28(19-26-17(13-30-19)14-5-4-8-24-12-14)18(29)25-16-7-3-6-15(11-16)20(21,22)23/h3-8,11-13H,9-10H2,1-2H3,(H,25,29). The predicted molar refractivity (Wildman–Crippen MR) is 112 cm³/mol. The van der Waals surface area contributed by atoms with Crippen molar-refractivity contribution in [2.24, 2.45) is 0 Å². The van der Waals surface area contributed by atoms with E-state index in [4.69, 9.17) is 0 Å². The lowest BCUT2D eigenvalue weighted by Crippen LogP contribution is -2.39. The van der Waals surface area contributed by atoms with Crippen molar-refractivity contribution < 1.29 is 18.0 Å². The Hall–Kier alpha value is -2.98. The van der Waals surface area contributed by atoms with Crippen LogP contribution in [0.1, 0.15) is 5.56 Å². The average molecular weight is 435 g/mol. The van der Waals surface area contributed by atoms with Gasteiger partial charge in [0.1, 0.15) is 0 Å². The molecule has 1 N–H and O–H groups in total. The molecule has 0 radical (unpaired) electrons. The molecule has 0 aliphatic heterocycles. The number of hydrogen-bond donors (Lipinski definition) is 1. The van der Waals surface area contributed by atoms with E-state index in [0.29, 0.717) is 23.9 Å². The third-order valence-electron chi connectivity index (χ3n) is 4.14. The molecule has 3 aromatic rings. The van der Waals surface area contributed by atoms with Crippen molar-refractivity contribution >= 4 is 28.2 Å². The summed E-state index contributed by atoms with van der Waals surface area (Å²) >= 11 is 1.28. The van der Waals surface area contributed by atoms with Gasteiger partial charge in [-0.3, -0.25) is 9.88 Å². The zero-order chi connectivity index (χ0) is 21.7. The van der Waals surface area contributed by atoms with Crippen LogP contribution in [-0.2, 0) is 6.18 Å². The molecule has 0 saturated carbocycles. The summed E-state index contributed by atoms with van der Waals surface area (Å²) in [5, 5.41) is 4.81. The smallest absolute Gasteiger partial charge is 0.308 e. The van der Waals surface area contributed by atoms with E-state index in [-0.39, 0.29) is 5.69 Å². The van der Waals surface area contributed by atoms with Gasteiger partial charge in [0.15, 0.2) is 5.13 Å². The Morgan fingerprint density at radius 2 is 1.97 bits per heavy atom. The van der Waals surface area contributed by atoms with E-state index in [0.717, 1.165) is 17.7 Å². The number of hydrogen-bond acceptors (Lipinski definition) is 5. The fourth-order valence-corrected chi connectivity index (χ4v) is 3.44. The summed E-state index contributed by atoms with van der Waals surface area (Å²) in [6, 6.07) is 7.64. The molecule has 2 heterocycles. The number of carbonyl (C=O) groups excluding carboxylic acids is 1. The third kappa shape index (κ3) is 5.55. The van der Waals surface area contributed by atoms with Crippen LogP contribution in [0.2, 0.25) is 0 Å². The minimum atomic E-state index is -4.49. The highest BCUT2D eigenvalue weighted by atomic mass is 32.1. The number of urea groups is 1. The van der Waals surface area contributed by atoms with Crippen molar-refractivity contribution in [1.82, 2.24) is 14.9 Å². The third-order valence-corrected chi connectivity index (χ3v) is 5.00. The minimum absolute atomic E-state index is 0.0636. The number of nitrogens with one attached hydrogen (secondary N) is 1. The summed E-state index contributed by atoms with van der Waals surface area (Å²) in [5.41, 5.74) is 0.720. The zero-order valence-corrected chi connectivity index (χ0v) is 17.2. The molecule has 2 aromatic heterocycles. The highest BCUT2D eigenvalue weighted by Gasteiger charge is 2.30. The van der Waals surface area contributed by atoms with Gasteiger partial charge in [0.05, 0.1) is 11.3 Å². The molecule has 158 valence electrons. The van der Waals surface area contributed by atoms with E-state index >= 15 is 0 Å². The van der Waals surface area contributed by atoms with Crippen LogP contribution in [-0.4, -0.2) is 48.1 Å². The number of nitrogens with zero attached hydrogens (tertiary/aromatic N) is 4. The number of pyridine rings is 1. The highest BCUT2D eigenvalue weighted by molar-refractivity contribution is 7.14. The van der Waals surface area contributed by atoms with Crippen LogP contribution in [0.3, 0.4) is 0 Å². The van der Waals surface area contributed by atoms with E-state index in [2.05, 4.69) is 15.3 Å². The largest absolute Gasteiger partial charge is 0.416 e. The van der Waals surface area contributed by atoms with Gasteiger partial charge in [-0.2, -0.15) is 13.2 Å². The number of likely N-dealkylation sites (N-methyl/N-ethyl adjacent to an activating group) is 1. The molecule has 30 heavy (non-hydrogen) atoms. The van der Waals surface area contributed by atoms with Crippen LogP contribution >= 0.6 is 11.3 Å². The Bertz CT molecular complexity index is 991. The van der Waals surface area contributed by atoms with Crippen LogP contribution in [0.4, 0.5) is 28.8 Å². The summed E-state index contributed by atoms with van der Waals surface area (Å²) in [4.78, 5) is 24.8. The molecule has 0 spiro atoms. The summed E-state index contributed by atoms with van der Waals surface area (Å²) in [7, 11) is 3.73. The van der Waals surface area contributed by atoms with Gasteiger partial charge < -0.3 is 10.2 Å². The maximum absolute atomic E-state index is 13.0. The van der Waals surface area contributed by atoms with Crippen molar-refractivity contribution in [2.45, 2.75) is 6.18 Å². The zero-order valence-electron chi connectivity index (χ0n) is 16.3. The number of amides is 2.